The molecule has 0 radical (unpaired) electrons. The highest BCUT2D eigenvalue weighted by Crippen LogP contribution is 2.44. The van der Waals surface area contributed by atoms with Crippen molar-refractivity contribution >= 4 is 6.21 Å². The molecule has 1 atom stereocenters. The monoisotopic (exact) mass is 381 g/mol. The summed E-state index contributed by atoms with van der Waals surface area (Å²) in [6.45, 7) is 5.95. The molecule has 0 bridgehead atoms. The van der Waals surface area contributed by atoms with E-state index in [0.29, 0.717) is 0 Å². The Balaban J connectivity index is 1.73. The van der Waals surface area contributed by atoms with E-state index in [1.807, 2.05) is 24.4 Å². The van der Waals surface area contributed by atoms with Gasteiger partial charge in [-0.1, -0.05) is 30.3 Å². The summed E-state index contributed by atoms with van der Waals surface area (Å²) in [5, 5.41) is 0. The van der Waals surface area contributed by atoms with Crippen LogP contribution in [0.4, 0.5) is 0 Å². The number of aliphatic imine (C=N–C) groups is 1. The standard InChI is InChI=1S/C24H31NO3/c1-23(2)18-24(13-15-28-23,20-8-6-5-7-9-20)12-14-25-17-19-10-11-21(26-3)22(16-19)27-4/h5-11,16-17H,12-15,18H2,1-4H3/t24-/m0/s1. The zero-order valence-electron chi connectivity index (χ0n) is 17.4. The average Bonchev–Trinajstić information content (AvgIpc) is 2.71. The van der Waals surface area contributed by atoms with Crippen LogP contribution in [0, 0.1) is 0 Å². The maximum absolute atomic E-state index is 6.00. The van der Waals surface area contributed by atoms with Crippen LogP contribution in [0.25, 0.3) is 0 Å². The molecule has 150 valence electrons. The van der Waals surface area contributed by atoms with Crippen LogP contribution < -0.4 is 9.47 Å². The molecule has 0 saturated carbocycles. The number of nitrogens with zero attached hydrogens (tertiary/aromatic N) is 1. The smallest absolute Gasteiger partial charge is 0.161 e. The minimum absolute atomic E-state index is 0.109. The molecular formula is C24H31NO3. The van der Waals surface area contributed by atoms with Crippen LogP contribution >= 0.6 is 0 Å². The van der Waals surface area contributed by atoms with Crippen LogP contribution in [-0.4, -0.2) is 39.2 Å². The van der Waals surface area contributed by atoms with Gasteiger partial charge in [-0.3, -0.25) is 4.99 Å². The summed E-state index contributed by atoms with van der Waals surface area (Å²) < 4.78 is 16.7. The minimum Gasteiger partial charge on any atom is -0.493 e. The number of methoxy groups -OCH3 is 2. The van der Waals surface area contributed by atoms with E-state index < -0.39 is 0 Å². The van der Waals surface area contributed by atoms with E-state index >= 15 is 0 Å². The predicted octanol–water partition coefficient (Wildman–Crippen LogP) is 5.04. The molecule has 0 N–H and O–H groups in total. The Morgan fingerprint density at radius 2 is 1.79 bits per heavy atom. The second kappa shape index (κ2) is 8.78. The molecule has 0 aliphatic carbocycles. The van der Waals surface area contributed by atoms with E-state index in [1.165, 1.54) is 5.56 Å². The van der Waals surface area contributed by atoms with Crippen molar-refractivity contribution in [2.24, 2.45) is 4.99 Å². The van der Waals surface area contributed by atoms with Gasteiger partial charge in [0.1, 0.15) is 0 Å². The Labute approximate surface area is 168 Å². The lowest BCUT2D eigenvalue weighted by Crippen LogP contribution is -2.44. The van der Waals surface area contributed by atoms with Crippen LogP contribution in [0.2, 0.25) is 0 Å². The molecule has 0 aromatic heterocycles. The Morgan fingerprint density at radius 1 is 1.04 bits per heavy atom. The molecule has 0 spiro atoms. The van der Waals surface area contributed by atoms with Gasteiger partial charge >= 0.3 is 0 Å². The first kappa shape index (κ1) is 20.4. The lowest BCUT2D eigenvalue weighted by molar-refractivity contribution is -0.0836. The van der Waals surface area contributed by atoms with Gasteiger partial charge in [0.05, 0.1) is 19.8 Å². The molecule has 1 saturated heterocycles. The molecule has 1 aliphatic rings. The normalized spacial score (nSPS) is 21.6. The van der Waals surface area contributed by atoms with Crippen LogP contribution in [0.1, 0.15) is 44.2 Å². The third-order valence-corrected chi connectivity index (χ3v) is 5.59. The number of rotatable bonds is 7. The Hall–Kier alpha value is -2.33. The van der Waals surface area contributed by atoms with Gasteiger partial charge in [-0.25, -0.2) is 0 Å². The molecule has 2 aromatic rings. The number of ether oxygens (including phenoxy) is 3. The van der Waals surface area contributed by atoms with Crippen molar-refractivity contribution in [1.29, 1.82) is 0 Å². The van der Waals surface area contributed by atoms with E-state index in [4.69, 9.17) is 19.2 Å². The third-order valence-electron chi connectivity index (χ3n) is 5.59. The molecule has 2 aromatic carbocycles. The topological polar surface area (TPSA) is 40.0 Å². The van der Waals surface area contributed by atoms with Crippen LogP contribution in [0.15, 0.2) is 53.5 Å². The second-order valence-electron chi connectivity index (χ2n) is 8.08. The predicted molar refractivity (Wildman–Crippen MR) is 114 cm³/mol. The summed E-state index contributed by atoms with van der Waals surface area (Å²) in [5.41, 5.74) is 2.41. The number of benzene rings is 2. The molecule has 1 heterocycles. The van der Waals surface area contributed by atoms with Gasteiger partial charge < -0.3 is 14.2 Å². The third kappa shape index (κ3) is 4.74. The fourth-order valence-electron chi connectivity index (χ4n) is 4.25. The van der Waals surface area contributed by atoms with Gasteiger partial charge in [-0.2, -0.15) is 0 Å². The van der Waals surface area contributed by atoms with E-state index in [-0.39, 0.29) is 11.0 Å². The Kier molecular flexibility index (Phi) is 6.40. The minimum atomic E-state index is -0.110. The van der Waals surface area contributed by atoms with Crippen LogP contribution in [-0.2, 0) is 10.2 Å². The lowest BCUT2D eigenvalue weighted by Gasteiger charge is -2.45. The van der Waals surface area contributed by atoms with E-state index in [2.05, 4.69) is 44.2 Å². The van der Waals surface area contributed by atoms with Gasteiger partial charge in [0.2, 0.25) is 0 Å². The summed E-state index contributed by atoms with van der Waals surface area (Å²) in [6, 6.07) is 16.7. The molecule has 3 rings (SSSR count). The van der Waals surface area contributed by atoms with E-state index in [0.717, 1.165) is 49.5 Å². The summed E-state index contributed by atoms with van der Waals surface area (Å²) in [7, 11) is 3.29. The van der Waals surface area contributed by atoms with Crippen molar-refractivity contribution in [3.05, 3.63) is 59.7 Å². The quantitative estimate of drug-likeness (QED) is 0.631. The van der Waals surface area contributed by atoms with Gasteiger partial charge in [-0.05, 0) is 62.4 Å². The molecule has 28 heavy (non-hydrogen) atoms. The van der Waals surface area contributed by atoms with E-state index in [9.17, 15) is 0 Å². The summed E-state index contributed by atoms with van der Waals surface area (Å²) in [6.07, 6.45) is 4.97. The molecule has 1 aliphatic heterocycles. The number of hydrogen-bond donors (Lipinski definition) is 0. The zero-order valence-corrected chi connectivity index (χ0v) is 17.4. The lowest BCUT2D eigenvalue weighted by atomic mass is 9.67. The van der Waals surface area contributed by atoms with Crippen LogP contribution in [0.3, 0.4) is 0 Å². The summed E-state index contributed by atoms with van der Waals surface area (Å²) >= 11 is 0. The first-order valence-corrected chi connectivity index (χ1v) is 9.89. The fraction of sp³-hybridized carbons (Fsp3) is 0.458. The van der Waals surface area contributed by atoms with Crippen molar-refractivity contribution in [1.82, 2.24) is 0 Å². The second-order valence-corrected chi connectivity index (χ2v) is 8.08. The highest BCUT2D eigenvalue weighted by atomic mass is 16.5. The molecule has 4 heteroatoms. The molecular weight excluding hydrogens is 350 g/mol. The van der Waals surface area contributed by atoms with Gasteiger partial charge in [0, 0.05) is 24.8 Å². The summed E-state index contributed by atoms with van der Waals surface area (Å²) in [5.74, 6) is 1.45. The first-order valence-electron chi connectivity index (χ1n) is 9.89. The molecule has 1 fully saturated rings. The van der Waals surface area contributed by atoms with Crippen LogP contribution in [0.5, 0.6) is 11.5 Å². The average molecular weight is 382 g/mol. The molecule has 4 nitrogen and oxygen atoms in total. The summed E-state index contributed by atoms with van der Waals surface area (Å²) in [4.78, 5) is 4.72. The van der Waals surface area contributed by atoms with Crippen molar-refractivity contribution in [3.63, 3.8) is 0 Å². The highest BCUT2D eigenvalue weighted by Gasteiger charge is 2.41. The SMILES string of the molecule is COc1ccc(C=NCC[C@]2(c3ccccc3)CCOC(C)(C)C2)cc1OC. The Bertz CT molecular complexity index is 801. The maximum atomic E-state index is 6.00. The van der Waals surface area contributed by atoms with E-state index in [1.54, 1.807) is 14.2 Å². The largest absolute Gasteiger partial charge is 0.493 e. The van der Waals surface area contributed by atoms with Gasteiger partial charge in [0.25, 0.3) is 0 Å². The van der Waals surface area contributed by atoms with Gasteiger partial charge in [0.15, 0.2) is 11.5 Å². The molecule has 0 amide bonds. The van der Waals surface area contributed by atoms with Crippen molar-refractivity contribution in [2.75, 3.05) is 27.4 Å². The van der Waals surface area contributed by atoms with Crippen molar-refractivity contribution in [2.45, 2.75) is 44.1 Å². The Morgan fingerprint density at radius 3 is 2.46 bits per heavy atom. The number of hydrogen-bond acceptors (Lipinski definition) is 4. The fourth-order valence-corrected chi connectivity index (χ4v) is 4.25. The highest BCUT2D eigenvalue weighted by molar-refractivity contribution is 5.80. The first-order chi connectivity index (χ1) is 13.5. The zero-order chi connectivity index (χ0) is 20.0. The maximum Gasteiger partial charge on any atom is 0.161 e. The van der Waals surface area contributed by atoms with Crippen molar-refractivity contribution in [3.8, 4) is 11.5 Å². The molecule has 0 unspecified atom stereocenters. The van der Waals surface area contributed by atoms with Gasteiger partial charge in [-0.15, -0.1) is 0 Å². The van der Waals surface area contributed by atoms with Crippen molar-refractivity contribution < 1.29 is 14.2 Å².